The second-order valence-electron chi connectivity index (χ2n) is 8.13. The van der Waals surface area contributed by atoms with Crippen LogP contribution in [0.3, 0.4) is 0 Å². The number of nitrogens with one attached hydrogen (secondary N) is 1. The molecular formula is C28H29NO3S. The number of anilines is 1. The topological polar surface area (TPSA) is 58.6 Å². The quantitative estimate of drug-likeness (QED) is 0.324. The Hall–Kier alpha value is -3.02. The van der Waals surface area contributed by atoms with Crippen LogP contribution in [0.15, 0.2) is 83.4 Å². The van der Waals surface area contributed by atoms with Crippen molar-refractivity contribution in [3.05, 3.63) is 95.2 Å². The minimum absolute atomic E-state index is 0.0798. The molecule has 33 heavy (non-hydrogen) atoms. The third-order valence-corrected chi connectivity index (χ3v) is 6.75. The number of carboxylic acids is 1. The van der Waals surface area contributed by atoms with Crippen molar-refractivity contribution in [2.24, 2.45) is 0 Å². The zero-order valence-electron chi connectivity index (χ0n) is 19.0. The van der Waals surface area contributed by atoms with Crippen molar-refractivity contribution in [3.8, 4) is 11.1 Å². The summed E-state index contributed by atoms with van der Waals surface area (Å²) < 4.78 is 6.54. The van der Waals surface area contributed by atoms with E-state index in [9.17, 15) is 9.90 Å². The molecule has 0 bridgehead atoms. The number of hydrogen-bond acceptors (Lipinski definition) is 4. The first kappa shape index (κ1) is 23.1. The summed E-state index contributed by atoms with van der Waals surface area (Å²) in [5, 5.41) is 12.9. The number of aromatic carboxylic acids is 1. The van der Waals surface area contributed by atoms with Gasteiger partial charge in [0.25, 0.3) is 0 Å². The molecule has 1 heterocycles. The number of carboxylic acid groups (broad SMARTS) is 1. The van der Waals surface area contributed by atoms with Gasteiger partial charge in [-0.05, 0) is 59.6 Å². The molecule has 0 radical (unpaired) electrons. The molecule has 1 atom stereocenters. The van der Waals surface area contributed by atoms with E-state index in [1.807, 2.05) is 36.4 Å². The molecule has 3 aromatic carbocycles. The van der Waals surface area contributed by atoms with E-state index >= 15 is 0 Å². The first-order valence-electron chi connectivity index (χ1n) is 11.3. The zero-order valence-corrected chi connectivity index (χ0v) is 19.8. The average Bonchev–Trinajstić information content (AvgIpc) is 2.86. The van der Waals surface area contributed by atoms with Crippen LogP contribution in [0.1, 0.15) is 53.8 Å². The zero-order chi connectivity index (χ0) is 23.2. The number of ether oxygens (including phenoxy) is 1. The Labute approximate surface area is 199 Å². The summed E-state index contributed by atoms with van der Waals surface area (Å²) in [7, 11) is 0. The molecule has 0 amide bonds. The molecule has 1 unspecified atom stereocenters. The fraction of sp³-hybridized carbons (Fsp3) is 0.250. The number of benzene rings is 3. The molecule has 170 valence electrons. The Balaban J connectivity index is 1.56. The molecular weight excluding hydrogens is 430 g/mol. The van der Waals surface area contributed by atoms with Gasteiger partial charge in [-0.2, -0.15) is 0 Å². The second-order valence-corrected chi connectivity index (χ2v) is 8.98. The highest BCUT2D eigenvalue weighted by molar-refractivity contribution is 7.98. The van der Waals surface area contributed by atoms with E-state index in [-0.39, 0.29) is 6.10 Å². The van der Waals surface area contributed by atoms with Gasteiger partial charge in [0, 0.05) is 22.3 Å². The van der Waals surface area contributed by atoms with Crippen molar-refractivity contribution in [2.45, 2.75) is 43.8 Å². The van der Waals surface area contributed by atoms with E-state index in [0.717, 1.165) is 41.6 Å². The van der Waals surface area contributed by atoms with Crippen molar-refractivity contribution < 1.29 is 14.6 Å². The van der Waals surface area contributed by atoms with Crippen LogP contribution in [0.25, 0.3) is 11.1 Å². The van der Waals surface area contributed by atoms with E-state index in [0.29, 0.717) is 12.2 Å². The maximum atomic E-state index is 11.6. The Morgan fingerprint density at radius 1 is 1.06 bits per heavy atom. The minimum Gasteiger partial charge on any atom is -0.478 e. The largest absolute Gasteiger partial charge is 0.478 e. The lowest BCUT2D eigenvalue weighted by atomic mass is 9.93. The van der Waals surface area contributed by atoms with Crippen molar-refractivity contribution in [3.63, 3.8) is 0 Å². The molecule has 2 N–H and O–H groups in total. The minimum atomic E-state index is -0.918. The van der Waals surface area contributed by atoms with Crippen molar-refractivity contribution >= 4 is 23.4 Å². The standard InChI is InChI=1S/C28H29NO3S/c1-3-4-8-21-17-29-24-11-7-12-25(33-2)26(24)27(21)32-18-19-13-15-20(16-14-19)22-9-5-6-10-23(22)28(30)31/h5-7,9-17,27,29H,3-4,8,18H2,1-2H3,(H,30,31). The summed E-state index contributed by atoms with van der Waals surface area (Å²) in [6.45, 7) is 2.69. The van der Waals surface area contributed by atoms with E-state index in [2.05, 4.69) is 42.9 Å². The first-order valence-corrected chi connectivity index (χ1v) is 12.5. The average molecular weight is 460 g/mol. The molecule has 4 nitrogen and oxygen atoms in total. The molecule has 0 aromatic heterocycles. The fourth-order valence-corrected chi connectivity index (χ4v) is 4.86. The Morgan fingerprint density at radius 3 is 2.58 bits per heavy atom. The normalized spacial score (nSPS) is 14.8. The van der Waals surface area contributed by atoms with Gasteiger partial charge in [-0.3, -0.25) is 0 Å². The van der Waals surface area contributed by atoms with Gasteiger partial charge in [-0.15, -0.1) is 11.8 Å². The van der Waals surface area contributed by atoms with E-state index in [1.54, 1.807) is 23.9 Å². The molecule has 3 aromatic rings. The first-order chi connectivity index (χ1) is 16.1. The highest BCUT2D eigenvalue weighted by Gasteiger charge is 2.26. The number of rotatable bonds is 9. The predicted octanol–water partition coefficient (Wildman–Crippen LogP) is 7.53. The molecule has 1 aliphatic heterocycles. The molecule has 0 saturated heterocycles. The number of fused-ring (bicyclic) bond motifs is 1. The Bertz CT molecular complexity index is 1150. The molecule has 0 fully saturated rings. The third-order valence-electron chi connectivity index (χ3n) is 5.96. The predicted molar refractivity (Wildman–Crippen MR) is 136 cm³/mol. The van der Waals surface area contributed by atoms with E-state index in [1.165, 1.54) is 16.0 Å². The molecule has 0 aliphatic carbocycles. The summed E-state index contributed by atoms with van der Waals surface area (Å²) in [6.07, 6.45) is 7.40. The van der Waals surface area contributed by atoms with Gasteiger partial charge in [0.2, 0.25) is 0 Å². The SMILES string of the molecule is CCCCC1=CNc2cccc(SC)c2C1OCc1ccc(-c2ccccc2C(=O)O)cc1. The molecule has 5 heteroatoms. The molecule has 0 spiro atoms. The van der Waals surface area contributed by atoms with E-state index < -0.39 is 5.97 Å². The van der Waals surface area contributed by atoms with Crippen LogP contribution < -0.4 is 5.32 Å². The van der Waals surface area contributed by atoms with E-state index in [4.69, 9.17) is 4.74 Å². The summed E-state index contributed by atoms with van der Waals surface area (Å²) in [5.74, 6) is -0.918. The number of hydrogen-bond donors (Lipinski definition) is 2. The third kappa shape index (κ3) is 5.15. The second kappa shape index (κ2) is 10.7. The van der Waals surface area contributed by atoms with Gasteiger partial charge < -0.3 is 15.2 Å². The number of thioether (sulfide) groups is 1. The fourth-order valence-electron chi connectivity index (χ4n) is 4.21. The van der Waals surface area contributed by atoms with Crippen LogP contribution in [0.4, 0.5) is 5.69 Å². The van der Waals surface area contributed by atoms with Crippen LogP contribution in [0.2, 0.25) is 0 Å². The lowest BCUT2D eigenvalue weighted by molar-refractivity contribution is 0.0595. The summed E-state index contributed by atoms with van der Waals surface area (Å²) >= 11 is 1.74. The highest BCUT2D eigenvalue weighted by atomic mass is 32.2. The smallest absolute Gasteiger partial charge is 0.336 e. The lowest BCUT2D eigenvalue weighted by Gasteiger charge is -2.30. The van der Waals surface area contributed by atoms with Crippen molar-refractivity contribution in [2.75, 3.05) is 11.6 Å². The highest BCUT2D eigenvalue weighted by Crippen LogP contribution is 2.42. The monoisotopic (exact) mass is 459 g/mol. The van der Waals surface area contributed by atoms with Gasteiger partial charge in [0.15, 0.2) is 0 Å². The van der Waals surface area contributed by atoms with Gasteiger partial charge in [-0.25, -0.2) is 4.79 Å². The van der Waals surface area contributed by atoms with Gasteiger partial charge in [0.05, 0.1) is 12.2 Å². The van der Waals surface area contributed by atoms with Crippen molar-refractivity contribution in [1.29, 1.82) is 0 Å². The Kier molecular flexibility index (Phi) is 7.53. The maximum absolute atomic E-state index is 11.6. The summed E-state index contributed by atoms with van der Waals surface area (Å²) in [5.41, 5.74) is 6.57. The van der Waals surface area contributed by atoms with Crippen LogP contribution >= 0.6 is 11.8 Å². The van der Waals surface area contributed by atoms with Crippen molar-refractivity contribution in [1.82, 2.24) is 0 Å². The number of unbranched alkanes of at least 4 members (excludes halogenated alkanes) is 1. The maximum Gasteiger partial charge on any atom is 0.336 e. The van der Waals surface area contributed by atoms with Crippen LogP contribution in [-0.4, -0.2) is 17.3 Å². The molecule has 4 rings (SSSR count). The lowest BCUT2D eigenvalue weighted by Crippen LogP contribution is -2.16. The van der Waals surface area contributed by atoms with Gasteiger partial charge >= 0.3 is 5.97 Å². The molecule has 0 saturated carbocycles. The van der Waals surface area contributed by atoms with Gasteiger partial charge in [-0.1, -0.05) is 61.9 Å². The van der Waals surface area contributed by atoms with Crippen LogP contribution in [-0.2, 0) is 11.3 Å². The van der Waals surface area contributed by atoms with Crippen LogP contribution in [0, 0.1) is 0 Å². The van der Waals surface area contributed by atoms with Gasteiger partial charge in [0.1, 0.15) is 6.10 Å². The van der Waals surface area contributed by atoms with Crippen LogP contribution in [0.5, 0.6) is 0 Å². The summed E-state index contributed by atoms with van der Waals surface area (Å²) in [4.78, 5) is 12.8. The number of carbonyl (C=O) groups is 1. The summed E-state index contributed by atoms with van der Waals surface area (Å²) in [6, 6.07) is 21.4. The molecule has 1 aliphatic rings. The Morgan fingerprint density at radius 2 is 1.85 bits per heavy atom.